The number of unbranched alkanes of at least 4 members (excludes halogenated alkanes) is 1. The van der Waals surface area contributed by atoms with E-state index in [4.69, 9.17) is 19.0 Å². The summed E-state index contributed by atoms with van der Waals surface area (Å²) in [6, 6.07) is 25.1. The van der Waals surface area contributed by atoms with Crippen LogP contribution in [0.15, 0.2) is 88.2 Å². The van der Waals surface area contributed by atoms with Crippen molar-refractivity contribution in [1.29, 1.82) is 0 Å². The SMILES string of the molecule is CCCCc1nc(C)nc(OC(C(=O)OC)c2ccccc2)c1Cc1ccc(-c2ccccc2-c2noc(=O)[nH]2)cc1. The zero-order valence-corrected chi connectivity index (χ0v) is 23.8. The Morgan fingerprint density at radius 1 is 0.952 bits per heavy atom. The molecule has 0 aliphatic heterocycles. The van der Waals surface area contributed by atoms with Gasteiger partial charge in [0.15, 0.2) is 5.82 Å². The highest BCUT2D eigenvalue weighted by Gasteiger charge is 2.27. The number of aryl methyl sites for hydroxylation is 2. The lowest BCUT2D eigenvalue weighted by Crippen LogP contribution is -2.22. The van der Waals surface area contributed by atoms with Crippen LogP contribution in [0.4, 0.5) is 0 Å². The molecule has 0 aliphatic rings. The van der Waals surface area contributed by atoms with E-state index in [1.165, 1.54) is 7.11 Å². The number of nitrogens with zero attached hydrogens (tertiary/aromatic N) is 3. The third-order valence-electron chi connectivity index (χ3n) is 6.95. The fourth-order valence-electron chi connectivity index (χ4n) is 4.84. The Morgan fingerprint density at radius 3 is 2.33 bits per heavy atom. The minimum absolute atomic E-state index is 0.372. The molecule has 1 atom stereocenters. The number of ether oxygens (including phenoxy) is 2. The molecule has 0 spiro atoms. The summed E-state index contributed by atoms with van der Waals surface area (Å²) in [5.74, 6) is 0.216. The maximum Gasteiger partial charge on any atom is 0.439 e. The number of H-pyrrole nitrogens is 1. The summed E-state index contributed by atoms with van der Waals surface area (Å²) in [6.07, 6.45) is 2.28. The van der Waals surface area contributed by atoms with E-state index in [-0.39, 0.29) is 0 Å². The Balaban J connectivity index is 1.50. The van der Waals surface area contributed by atoms with E-state index < -0.39 is 17.8 Å². The van der Waals surface area contributed by atoms with Crippen molar-refractivity contribution >= 4 is 5.97 Å². The molecule has 9 heteroatoms. The number of hydrogen-bond donors (Lipinski definition) is 1. The van der Waals surface area contributed by atoms with Gasteiger partial charge >= 0.3 is 11.7 Å². The van der Waals surface area contributed by atoms with Gasteiger partial charge in [-0.25, -0.2) is 14.6 Å². The van der Waals surface area contributed by atoms with Crippen LogP contribution in [0.5, 0.6) is 5.88 Å². The second-order valence-corrected chi connectivity index (χ2v) is 9.90. The third-order valence-corrected chi connectivity index (χ3v) is 6.95. The molecule has 5 aromatic rings. The standard InChI is InChI=1S/C33H32N4O5/c1-4-5-15-28-27(31(35-21(2)34-28)41-29(32(38)40-3)24-11-7-6-8-12-24)20-22-16-18-23(19-17-22)25-13-9-10-14-26(25)30-36-33(39)42-37-30/h6-14,16-19,29H,4-5,15,20H2,1-3H3,(H,36,37,39). The number of carbonyl (C=O) groups is 1. The smallest absolute Gasteiger partial charge is 0.439 e. The topological polar surface area (TPSA) is 120 Å². The van der Waals surface area contributed by atoms with E-state index in [9.17, 15) is 9.59 Å². The van der Waals surface area contributed by atoms with Crippen molar-refractivity contribution in [2.75, 3.05) is 7.11 Å². The number of esters is 1. The summed E-state index contributed by atoms with van der Waals surface area (Å²) >= 11 is 0. The van der Waals surface area contributed by atoms with Gasteiger partial charge in [-0.1, -0.05) is 97.4 Å². The van der Waals surface area contributed by atoms with Crippen LogP contribution in [0.1, 0.15) is 54.1 Å². The van der Waals surface area contributed by atoms with Gasteiger partial charge in [0.1, 0.15) is 5.82 Å². The fourth-order valence-corrected chi connectivity index (χ4v) is 4.84. The lowest BCUT2D eigenvalue weighted by atomic mass is 9.96. The quantitative estimate of drug-likeness (QED) is 0.193. The van der Waals surface area contributed by atoms with Gasteiger partial charge in [-0.2, -0.15) is 4.98 Å². The maximum atomic E-state index is 12.8. The molecular formula is C33H32N4O5. The van der Waals surface area contributed by atoms with Crippen molar-refractivity contribution in [1.82, 2.24) is 20.1 Å². The summed E-state index contributed by atoms with van der Waals surface area (Å²) in [5.41, 5.74) is 6.07. The Bertz CT molecular complexity index is 1710. The molecule has 0 saturated heterocycles. The average Bonchev–Trinajstić information content (AvgIpc) is 3.46. The van der Waals surface area contributed by atoms with Gasteiger partial charge in [-0.05, 0) is 36.5 Å². The molecular weight excluding hydrogens is 532 g/mol. The second kappa shape index (κ2) is 13.1. The van der Waals surface area contributed by atoms with Crippen molar-refractivity contribution in [2.24, 2.45) is 0 Å². The Hall–Kier alpha value is -5.05. The van der Waals surface area contributed by atoms with Gasteiger partial charge in [-0.15, -0.1) is 0 Å². The van der Waals surface area contributed by atoms with Crippen LogP contribution in [-0.2, 0) is 22.4 Å². The average molecular weight is 565 g/mol. The van der Waals surface area contributed by atoms with Gasteiger partial charge in [0.25, 0.3) is 0 Å². The maximum absolute atomic E-state index is 12.8. The highest BCUT2D eigenvalue weighted by molar-refractivity contribution is 5.80. The van der Waals surface area contributed by atoms with E-state index in [1.54, 1.807) is 0 Å². The molecule has 0 fully saturated rings. The van der Waals surface area contributed by atoms with Crippen molar-refractivity contribution in [3.8, 4) is 28.4 Å². The first kappa shape index (κ1) is 28.5. The lowest BCUT2D eigenvalue weighted by Gasteiger charge is -2.20. The van der Waals surface area contributed by atoms with Gasteiger partial charge in [0.2, 0.25) is 12.0 Å². The molecule has 0 amide bonds. The molecule has 1 N–H and O–H groups in total. The summed E-state index contributed by atoms with van der Waals surface area (Å²) in [5, 5.41) is 3.86. The van der Waals surface area contributed by atoms with Crippen molar-refractivity contribution < 1.29 is 18.8 Å². The van der Waals surface area contributed by atoms with Crippen LogP contribution in [-0.4, -0.2) is 33.2 Å². The van der Waals surface area contributed by atoms with Crippen molar-refractivity contribution in [3.63, 3.8) is 0 Å². The number of rotatable bonds is 11. The van der Waals surface area contributed by atoms with Crippen LogP contribution >= 0.6 is 0 Å². The minimum Gasteiger partial charge on any atom is -0.466 e. The van der Waals surface area contributed by atoms with E-state index >= 15 is 0 Å². The Morgan fingerprint density at radius 2 is 1.67 bits per heavy atom. The Kier molecular flexibility index (Phi) is 8.87. The first-order valence-corrected chi connectivity index (χ1v) is 13.9. The first-order chi connectivity index (χ1) is 20.5. The van der Waals surface area contributed by atoms with Gasteiger partial charge < -0.3 is 9.47 Å². The lowest BCUT2D eigenvalue weighted by molar-refractivity contribution is -0.149. The van der Waals surface area contributed by atoms with E-state index in [0.29, 0.717) is 29.5 Å². The van der Waals surface area contributed by atoms with Crippen molar-refractivity contribution in [2.45, 2.75) is 45.6 Å². The zero-order valence-electron chi connectivity index (χ0n) is 23.8. The van der Waals surface area contributed by atoms with Crippen molar-refractivity contribution in [3.05, 3.63) is 118 Å². The second-order valence-electron chi connectivity index (χ2n) is 9.90. The van der Waals surface area contributed by atoms with E-state index in [0.717, 1.165) is 52.8 Å². The number of carbonyl (C=O) groups excluding carboxylic acids is 1. The molecule has 0 radical (unpaired) electrons. The molecule has 0 saturated carbocycles. The van der Waals surface area contributed by atoms with E-state index in [1.807, 2.05) is 85.8 Å². The van der Waals surface area contributed by atoms with Crippen LogP contribution < -0.4 is 10.5 Å². The molecule has 0 bridgehead atoms. The molecule has 0 aliphatic carbocycles. The molecule has 1 unspecified atom stereocenters. The van der Waals surface area contributed by atoms with Crippen LogP contribution in [0.2, 0.25) is 0 Å². The third kappa shape index (κ3) is 6.46. The minimum atomic E-state index is -0.967. The molecule has 9 nitrogen and oxygen atoms in total. The number of benzene rings is 3. The highest BCUT2D eigenvalue weighted by Crippen LogP contribution is 2.32. The molecule has 42 heavy (non-hydrogen) atoms. The number of hydrogen-bond acceptors (Lipinski definition) is 8. The van der Waals surface area contributed by atoms with Crippen LogP contribution in [0, 0.1) is 6.92 Å². The summed E-state index contributed by atoms with van der Waals surface area (Å²) in [4.78, 5) is 36.4. The molecule has 3 aromatic carbocycles. The number of aromatic amines is 1. The largest absolute Gasteiger partial charge is 0.466 e. The fraction of sp³-hybridized carbons (Fsp3) is 0.242. The molecule has 2 aromatic heterocycles. The number of aromatic nitrogens is 4. The normalized spacial score (nSPS) is 11.7. The van der Waals surface area contributed by atoms with Gasteiger partial charge in [-0.3, -0.25) is 9.51 Å². The zero-order chi connectivity index (χ0) is 29.5. The van der Waals surface area contributed by atoms with Crippen LogP contribution in [0.3, 0.4) is 0 Å². The molecule has 214 valence electrons. The molecule has 2 heterocycles. The molecule has 5 rings (SSSR count). The van der Waals surface area contributed by atoms with Gasteiger partial charge in [0.05, 0.1) is 12.8 Å². The Labute approximate surface area is 243 Å². The van der Waals surface area contributed by atoms with Gasteiger partial charge in [0, 0.05) is 23.1 Å². The summed E-state index contributed by atoms with van der Waals surface area (Å²) in [6.45, 7) is 3.97. The predicted octanol–water partition coefficient (Wildman–Crippen LogP) is 6.02. The monoisotopic (exact) mass is 564 g/mol. The number of methoxy groups -OCH3 is 1. The predicted molar refractivity (Wildman–Crippen MR) is 158 cm³/mol. The first-order valence-electron chi connectivity index (χ1n) is 13.9. The summed E-state index contributed by atoms with van der Waals surface area (Å²) < 4.78 is 16.1. The van der Waals surface area contributed by atoms with Crippen LogP contribution in [0.25, 0.3) is 22.5 Å². The van der Waals surface area contributed by atoms with E-state index in [2.05, 4.69) is 22.0 Å². The number of nitrogens with one attached hydrogen (secondary N) is 1. The summed E-state index contributed by atoms with van der Waals surface area (Å²) in [7, 11) is 1.35. The highest BCUT2D eigenvalue weighted by atomic mass is 16.6.